The number of ether oxygens (including phenoxy) is 1. The molecule has 1 aliphatic rings. The van der Waals surface area contributed by atoms with Crippen LogP contribution in [0.3, 0.4) is 0 Å². The molecule has 1 fully saturated rings. The lowest BCUT2D eigenvalue weighted by Gasteiger charge is -2.28. The van der Waals surface area contributed by atoms with E-state index in [4.69, 9.17) is 4.74 Å². The monoisotopic (exact) mass is 478 g/mol. The maximum Gasteiger partial charge on any atom is 0.410 e. The molecular formula is C26H30N4O3S. The van der Waals surface area contributed by atoms with E-state index in [1.54, 1.807) is 24.3 Å². The number of hydrogen-bond acceptors (Lipinski definition) is 6. The third kappa shape index (κ3) is 5.75. The minimum Gasteiger partial charge on any atom is -0.444 e. The van der Waals surface area contributed by atoms with E-state index in [2.05, 4.69) is 15.2 Å². The summed E-state index contributed by atoms with van der Waals surface area (Å²) in [5.74, 6) is -0.131. The number of pyridine rings is 1. The maximum absolute atomic E-state index is 12.7. The number of nitrogens with one attached hydrogen (secondary N) is 1. The summed E-state index contributed by atoms with van der Waals surface area (Å²) in [5, 5.41) is 2.97. The molecule has 34 heavy (non-hydrogen) atoms. The SMILES string of the molecule is CN(C(=O)OC(C)(C)C)C1CCN(c2ccc(NC(=O)c3ccc(-c4cccnc4)s3)cc2)C1. The Morgan fingerprint density at radius 1 is 1.15 bits per heavy atom. The van der Waals surface area contributed by atoms with Gasteiger partial charge in [-0.25, -0.2) is 4.79 Å². The number of carbonyl (C=O) groups excluding carboxylic acids is 2. The number of carbonyl (C=O) groups is 2. The second kappa shape index (κ2) is 9.85. The van der Waals surface area contributed by atoms with Crippen LogP contribution in [0.25, 0.3) is 10.4 Å². The Kier molecular flexibility index (Phi) is 6.88. The molecule has 178 valence electrons. The van der Waals surface area contributed by atoms with Crippen LogP contribution in [0.15, 0.2) is 60.9 Å². The molecule has 2 aromatic heterocycles. The Hall–Kier alpha value is -3.39. The third-order valence-electron chi connectivity index (χ3n) is 5.66. The van der Waals surface area contributed by atoms with Gasteiger partial charge in [-0.05, 0) is 69.7 Å². The zero-order valence-electron chi connectivity index (χ0n) is 19.9. The van der Waals surface area contributed by atoms with Gasteiger partial charge in [-0.3, -0.25) is 9.78 Å². The van der Waals surface area contributed by atoms with E-state index in [0.29, 0.717) is 4.88 Å². The van der Waals surface area contributed by atoms with Gasteiger partial charge in [0.15, 0.2) is 0 Å². The van der Waals surface area contributed by atoms with Crippen LogP contribution in [0.1, 0.15) is 36.9 Å². The van der Waals surface area contributed by atoms with Crippen LogP contribution in [0.4, 0.5) is 16.2 Å². The normalized spacial score (nSPS) is 15.8. The van der Waals surface area contributed by atoms with Gasteiger partial charge in [-0.15, -0.1) is 11.3 Å². The fraction of sp³-hybridized carbons (Fsp3) is 0.346. The molecule has 1 atom stereocenters. The van der Waals surface area contributed by atoms with Crippen molar-refractivity contribution in [1.29, 1.82) is 0 Å². The van der Waals surface area contributed by atoms with Crippen molar-refractivity contribution in [3.63, 3.8) is 0 Å². The second-order valence-electron chi connectivity index (χ2n) is 9.39. The number of hydrogen-bond donors (Lipinski definition) is 1. The number of benzene rings is 1. The Bertz CT molecular complexity index is 1140. The van der Waals surface area contributed by atoms with E-state index in [1.807, 2.05) is 69.3 Å². The Labute approximate surface area is 204 Å². The average molecular weight is 479 g/mol. The van der Waals surface area contributed by atoms with Crippen molar-refractivity contribution >= 4 is 34.7 Å². The maximum atomic E-state index is 12.7. The molecule has 1 saturated heterocycles. The molecule has 3 aromatic rings. The first kappa shape index (κ1) is 23.8. The Morgan fingerprint density at radius 2 is 1.91 bits per heavy atom. The molecule has 1 aliphatic heterocycles. The van der Waals surface area contributed by atoms with E-state index >= 15 is 0 Å². The second-order valence-corrected chi connectivity index (χ2v) is 10.5. The highest BCUT2D eigenvalue weighted by atomic mass is 32.1. The van der Waals surface area contributed by atoms with Crippen LogP contribution in [0, 0.1) is 0 Å². The molecule has 1 N–H and O–H groups in total. The number of amides is 2. The summed E-state index contributed by atoms with van der Waals surface area (Å²) in [6.07, 6.45) is 4.11. The van der Waals surface area contributed by atoms with Crippen molar-refractivity contribution in [2.45, 2.75) is 38.8 Å². The molecule has 7 nitrogen and oxygen atoms in total. The quantitative estimate of drug-likeness (QED) is 0.524. The van der Waals surface area contributed by atoms with Crippen LogP contribution in [0.5, 0.6) is 0 Å². The average Bonchev–Trinajstić information content (AvgIpc) is 3.49. The Balaban J connectivity index is 1.33. The Morgan fingerprint density at radius 3 is 2.59 bits per heavy atom. The van der Waals surface area contributed by atoms with Gasteiger partial charge >= 0.3 is 6.09 Å². The van der Waals surface area contributed by atoms with Gasteiger partial charge in [0.1, 0.15) is 5.60 Å². The summed E-state index contributed by atoms with van der Waals surface area (Å²) in [4.78, 5) is 34.8. The van der Waals surface area contributed by atoms with Crippen molar-refractivity contribution in [3.05, 3.63) is 65.8 Å². The summed E-state index contributed by atoms with van der Waals surface area (Å²) in [6.45, 7) is 7.22. The highest BCUT2D eigenvalue weighted by molar-refractivity contribution is 7.17. The molecular weight excluding hydrogens is 448 g/mol. The summed E-state index contributed by atoms with van der Waals surface area (Å²) in [7, 11) is 1.80. The molecule has 0 bridgehead atoms. The standard InChI is InChI=1S/C26H30N4O3S/c1-26(2,3)33-25(32)29(4)21-13-15-30(17-21)20-9-7-19(8-10-20)28-24(31)23-12-11-22(34-23)18-6-5-14-27-16-18/h5-12,14,16,21H,13,15,17H2,1-4H3,(H,28,31). The number of thiophene rings is 1. The van der Waals surface area contributed by atoms with E-state index in [-0.39, 0.29) is 18.0 Å². The minimum absolute atomic E-state index is 0.0991. The van der Waals surface area contributed by atoms with Crippen molar-refractivity contribution < 1.29 is 14.3 Å². The van der Waals surface area contributed by atoms with Crippen molar-refractivity contribution in [2.24, 2.45) is 0 Å². The lowest BCUT2D eigenvalue weighted by atomic mass is 10.2. The van der Waals surface area contributed by atoms with Gasteiger partial charge in [0.25, 0.3) is 5.91 Å². The minimum atomic E-state index is -0.507. The van der Waals surface area contributed by atoms with E-state index in [9.17, 15) is 9.59 Å². The topological polar surface area (TPSA) is 74.8 Å². The lowest BCUT2D eigenvalue weighted by Crippen LogP contribution is -2.42. The third-order valence-corrected chi connectivity index (χ3v) is 6.79. The van der Waals surface area contributed by atoms with Crippen LogP contribution < -0.4 is 10.2 Å². The summed E-state index contributed by atoms with van der Waals surface area (Å²) < 4.78 is 5.49. The van der Waals surface area contributed by atoms with Gasteiger partial charge in [0.2, 0.25) is 0 Å². The molecule has 1 aromatic carbocycles. The largest absolute Gasteiger partial charge is 0.444 e. The predicted octanol–water partition coefficient (Wildman–Crippen LogP) is 5.51. The molecule has 0 spiro atoms. The van der Waals surface area contributed by atoms with E-state index in [1.165, 1.54) is 11.3 Å². The fourth-order valence-corrected chi connectivity index (χ4v) is 4.74. The number of rotatable bonds is 5. The van der Waals surface area contributed by atoms with Crippen LogP contribution in [0.2, 0.25) is 0 Å². The van der Waals surface area contributed by atoms with Crippen LogP contribution in [-0.4, -0.2) is 53.7 Å². The molecule has 0 aliphatic carbocycles. The number of nitrogens with zero attached hydrogens (tertiary/aromatic N) is 3. The zero-order valence-corrected chi connectivity index (χ0v) is 20.8. The fourth-order valence-electron chi connectivity index (χ4n) is 3.85. The number of anilines is 2. The number of aromatic nitrogens is 1. The van der Waals surface area contributed by atoms with Crippen molar-refractivity contribution in [2.75, 3.05) is 30.4 Å². The molecule has 3 heterocycles. The van der Waals surface area contributed by atoms with E-state index < -0.39 is 5.60 Å². The summed E-state index contributed by atoms with van der Waals surface area (Å²) in [6, 6.07) is 15.6. The predicted molar refractivity (Wildman–Crippen MR) is 137 cm³/mol. The van der Waals surface area contributed by atoms with Crippen LogP contribution >= 0.6 is 11.3 Å². The molecule has 1 unspecified atom stereocenters. The van der Waals surface area contributed by atoms with Gasteiger partial charge in [0, 0.05) is 54.3 Å². The zero-order chi connectivity index (χ0) is 24.3. The molecule has 4 rings (SSSR count). The van der Waals surface area contributed by atoms with Gasteiger partial charge in [-0.2, -0.15) is 0 Å². The highest BCUT2D eigenvalue weighted by Crippen LogP contribution is 2.29. The lowest BCUT2D eigenvalue weighted by molar-refractivity contribution is 0.0238. The molecule has 8 heteroatoms. The van der Waals surface area contributed by atoms with Gasteiger partial charge < -0.3 is 19.9 Å². The van der Waals surface area contributed by atoms with Gasteiger partial charge in [0.05, 0.1) is 10.9 Å². The molecule has 0 saturated carbocycles. The van der Waals surface area contributed by atoms with Crippen LogP contribution in [-0.2, 0) is 4.74 Å². The van der Waals surface area contributed by atoms with Crippen molar-refractivity contribution in [1.82, 2.24) is 9.88 Å². The molecule has 2 amide bonds. The smallest absolute Gasteiger partial charge is 0.410 e. The highest BCUT2D eigenvalue weighted by Gasteiger charge is 2.31. The molecule has 0 radical (unpaired) electrons. The first-order valence-electron chi connectivity index (χ1n) is 11.3. The van der Waals surface area contributed by atoms with Crippen molar-refractivity contribution in [3.8, 4) is 10.4 Å². The summed E-state index contributed by atoms with van der Waals surface area (Å²) in [5.41, 5.74) is 2.30. The van der Waals surface area contributed by atoms with Gasteiger partial charge in [-0.1, -0.05) is 6.07 Å². The first-order valence-corrected chi connectivity index (χ1v) is 12.1. The number of likely N-dealkylation sites (N-methyl/N-ethyl adjacent to an activating group) is 1. The van der Waals surface area contributed by atoms with E-state index in [0.717, 1.165) is 41.3 Å². The summed E-state index contributed by atoms with van der Waals surface area (Å²) >= 11 is 1.44. The first-order chi connectivity index (χ1) is 16.2.